The predicted octanol–water partition coefficient (Wildman–Crippen LogP) is 1.46. The van der Waals surface area contributed by atoms with Crippen molar-refractivity contribution in [1.29, 1.82) is 0 Å². The number of carbonyl (C=O) groups excluding carboxylic acids is 1. The van der Waals surface area contributed by atoms with Crippen molar-refractivity contribution in [3.63, 3.8) is 0 Å². The first-order valence-corrected chi connectivity index (χ1v) is 6.99. The van der Waals surface area contributed by atoms with Crippen LogP contribution in [0.3, 0.4) is 0 Å². The molecule has 1 unspecified atom stereocenters. The van der Waals surface area contributed by atoms with E-state index in [0.717, 1.165) is 30.0 Å². The fourth-order valence-electron chi connectivity index (χ4n) is 1.84. The summed E-state index contributed by atoms with van der Waals surface area (Å²) >= 11 is 1.88. The maximum absolute atomic E-state index is 12.0. The van der Waals surface area contributed by atoms with Gasteiger partial charge in [-0.25, -0.2) is 4.98 Å². The van der Waals surface area contributed by atoms with Crippen LogP contribution in [0.2, 0.25) is 0 Å². The number of carbonyl (C=O) groups is 1. The summed E-state index contributed by atoms with van der Waals surface area (Å²) in [5.74, 6) is 2.51. The molecule has 92 valence electrons. The number of nitrogens with two attached hydrogens (primary N) is 1. The standard InChI is InChI=1S/C12H17N3OS/c1-2-9-5-8(6-11(13)14-9)12(16)15-10-3-4-17-7-10/h5-6,10H,2-4,7H2,1H3,(H2,13,14)(H,15,16). The normalized spacial score (nSPS) is 19.2. The van der Waals surface area contributed by atoms with Gasteiger partial charge < -0.3 is 11.1 Å². The summed E-state index contributed by atoms with van der Waals surface area (Å²) in [4.78, 5) is 16.2. The highest BCUT2D eigenvalue weighted by Crippen LogP contribution is 2.18. The number of nitrogens with one attached hydrogen (secondary N) is 1. The van der Waals surface area contributed by atoms with E-state index in [9.17, 15) is 4.79 Å². The van der Waals surface area contributed by atoms with Crippen LogP contribution < -0.4 is 11.1 Å². The number of hydrogen-bond donors (Lipinski definition) is 2. The number of thioether (sulfide) groups is 1. The van der Waals surface area contributed by atoms with Crippen molar-refractivity contribution in [2.45, 2.75) is 25.8 Å². The zero-order valence-corrected chi connectivity index (χ0v) is 10.7. The Labute approximate surface area is 105 Å². The van der Waals surface area contributed by atoms with E-state index in [1.165, 1.54) is 0 Å². The molecule has 1 aromatic heterocycles. The summed E-state index contributed by atoms with van der Waals surface area (Å²) in [6, 6.07) is 3.75. The number of anilines is 1. The van der Waals surface area contributed by atoms with Crippen molar-refractivity contribution in [3.05, 3.63) is 23.4 Å². The third-order valence-corrected chi connectivity index (χ3v) is 3.95. The lowest BCUT2D eigenvalue weighted by atomic mass is 10.1. The van der Waals surface area contributed by atoms with Crippen molar-refractivity contribution in [3.8, 4) is 0 Å². The van der Waals surface area contributed by atoms with Gasteiger partial charge in [0.2, 0.25) is 0 Å². The Kier molecular flexibility index (Phi) is 3.89. The van der Waals surface area contributed by atoms with Gasteiger partial charge in [0.15, 0.2) is 0 Å². The molecule has 2 heterocycles. The van der Waals surface area contributed by atoms with Crippen LogP contribution in [0.15, 0.2) is 12.1 Å². The molecule has 17 heavy (non-hydrogen) atoms. The van der Waals surface area contributed by atoms with Gasteiger partial charge in [0, 0.05) is 23.1 Å². The quantitative estimate of drug-likeness (QED) is 0.853. The van der Waals surface area contributed by atoms with Gasteiger partial charge in [0.25, 0.3) is 5.91 Å². The molecule has 1 saturated heterocycles. The molecule has 0 bridgehead atoms. The maximum atomic E-state index is 12.0. The molecule has 4 nitrogen and oxygen atoms in total. The van der Waals surface area contributed by atoms with Gasteiger partial charge in [-0.15, -0.1) is 0 Å². The zero-order chi connectivity index (χ0) is 12.3. The molecule has 0 aliphatic carbocycles. The predicted molar refractivity (Wildman–Crippen MR) is 71.2 cm³/mol. The first kappa shape index (κ1) is 12.2. The SMILES string of the molecule is CCc1cc(C(=O)NC2CCSC2)cc(N)n1. The third kappa shape index (κ3) is 3.12. The molecule has 3 N–H and O–H groups in total. The summed E-state index contributed by atoms with van der Waals surface area (Å²) < 4.78 is 0. The van der Waals surface area contributed by atoms with E-state index in [1.807, 2.05) is 24.8 Å². The average molecular weight is 251 g/mol. The van der Waals surface area contributed by atoms with Crippen LogP contribution in [0.1, 0.15) is 29.4 Å². The van der Waals surface area contributed by atoms with Gasteiger partial charge in [0.1, 0.15) is 5.82 Å². The highest BCUT2D eigenvalue weighted by atomic mass is 32.2. The number of amides is 1. The van der Waals surface area contributed by atoms with E-state index in [1.54, 1.807) is 6.07 Å². The fourth-order valence-corrected chi connectivity index (χ4v) is 2.99. The molecule has 1 aromatic rings. The minimum absolute atomic E-state index is 0.0405. The lowest BCUT2D eigenvalue weighted by Crippen LogP contribution is -2.34. The summed E-state index contributed by atoms with van der Waals surface area (Å²) in [6.45, 7) is 2.00. The van der Waals surface area contributed by atoms with Crippen molar-refractivity contribution in [1.82, 2.24) is 10.3 Å². The van der Waals surface area contributed by atoms with Crippen LogP contribution in [0.25, 0.3) is 0 Å². The molecule has 0 spiro atoms. The summed E-state index contributed by atoms with van der Waals surface area (Å²) in [5.41, 5.74) is 7.16. The Morgan fingerprint density at radius 2 is 2.47 bits per heavy atom. The molecule has 1 aliphatic heterocycles. The Hall–Kier alpha value is -1.23. The summed E-state index contributed by atoms with van der Waals surface area (Å²) in [7, 11) is 0. The first-order valence-electron chi connectivity index (χ1n) is 5.84. The number of nitrogens with zero attached hydrogens (tertiary/aromatic N) is 1. The molecule has 1 aliphatic rings. The van der Waals surface area contributed by atoms with Crippen molar-refractivity contribution in [2.24, 2.45) is 0 Å². The largest absolute Gasteiger partial charge is 0.384 e. The van der Waals surface area contributed by atoms with Gasteiger partial charge in [-0.2, -0.15) is 11.8 Å². The number of aryl methyl sites for hydroxylation is 1. The molecular formula is C12H17N3OS. The van der Waals surface area contributed by atoms with Gasteiger partial charge in [-0.3, -0.25) is 4.79 Å². The smallest absolute Gasteiger partial charge is 0.251 e. The Balaban J connectivity index is 2.09. The summed E-state index contributed by atoms with van der Waals surface area (Å²) in [6.07, 6.45) is 1.84. The van der Waals surface area contributed by atoms with Crippen LogP contribution >= 0.6 is 11.8 Å². The second-order valence-corrected chi connectivity index (χ2v) is 5.31. The first-order chi connectivity index (χ1) is 8.19. The number of rotatable bonds is 3. The van der Waals surface area contributed by atoms with Gasteiger partial charge in [-0.05, 0) is 30.7 Å². The van der Waals surface area contributed by atoms with Crippen LogP contribution in [0.4, 0.5) is 5.82 Å². The van der Waals surface area contributed by atoms with E-state index >= 15 is 0 Å². The van der Waals surface area contributed by atoms with E-state index in [4.69, 9.17) is 5.73 Å². The number of nitrogen functional groups attached to an aromatic ring is 1. The lowest BCUT2D eigenvalue weighted by Gasteiger charge is -2.12. The molecular weight excluding hydrogens is 234 g/mol. The molecule has 0 saturated carbocycles. The van der Waals surface area contributed by atoms with E-state index in [2.05, 4.69) is 10.3 Å². The molecule has 0 radical (unpaired) electrons. The highest BCUT2D eigenvalue weighted by Gasteiger charge is 2.18. The Bertz CT molecular complexity index is 416. The Morgan fingerprint density at radius 1 is 1.65 bits per heavy atom. The lowest BCUT2D eigenvalue weighted by molar-refractivity contribution is 0.0941. The molecule has 1 fully saturated rings. The second-order valence-electron chi connectivity index (χ2n) is 4.16. The summed E-state index contributed by atoms with van der Waals surface area (Å²) in [5, 5.41) is 3.03. The van der Waals surface area contributed by atoms with Crippen LogP contribution in [0, 0.1) is 0 Å². The van der Waals surface area contributed by atoms with Crippen LogP contribution in [0.5, 0.6) is 0 Å². The topological polar surface area (TPSA) is 68.0 Å². The average Bonchev–Trinajstić information content (AvgIpc) is 2.81. The number of pyridine rings is 1. The molecule has 1 atom stereocenters. The van der Waals surface area contributed by atoms with Crippen molar-refractivity contribution >= 4 is 23.5 Å². The monoisotopic (exact) mass is 251 g/mol. The molecule has 1 amide bonds. The van der Waals surface area contributed by atoms with Gasteiger partial charge >= 0.3 is 0 Å². The highest BCUT2D eigenvalue weighted by molar-refractivity contribution is 7.99. The van der Waals surface area contributed by atoms with Crippen molar-refractivity contribution in [2.75, 3.05) is 17.2 Å². The number of aromatic nitrogens is 1. The molecule has 2 rings (SSSR count). The van der Waals surface area contributed by atoms with Crippen LogP contribution in [-0.4, -0.2) is 28.4 Å². The zero-order valence-electron chi connectivity index (χ0n) is 9.90. The van der Waals surface area contributed by atoms with Gasteiger partial charge in [0.05, 0.1) is 0 Å². The minimum Gasteiger partial charge on any atom is -0.384 e. The third-order valence-electron chi connectivity index (χ3n) is 2.79. The fraction of sp³-hybridized carbons (Fsp3) is 0.500. The molecule has 0 aromatic carbocycles. The maximum Gasteiger partial charge on any atom is 0.251 e. The van der Waals surface area contributed by atoms with Crippen LogP contribution in [-0.2, 0) is 6.42 Å². The van der Waals surface area contributed by atoms with E-state index in [0.29, 0.717) is 17.4 Å². The van der Waals surface area contributed by atoms with Crippen molar-refractivity contribution < 1.29 is 4.79 Å². The molecule has 5 heteroatoms. The number of hydrogen-bond acceptors (Lipinski definition) is 4. The van der Waals surface area contributed by atoms with E-state index in [-0.39, 0.29) is 5.91 Å². The minimum atomic E-state index is -0.0405. The van der Waals surface area contributed by atoms with E-state index < -0.39 is 0 Å². The second kappa shape index (κ2) is 5.40. The Morgan fingerprint density at radius 3 is 3.12 bits per heavy atom. The van der Waals surface area contributed by atoms with Gasteiger partial charge in [-0.1, -0.05) is 6.92 Å².